The van der Waals surface area contributed by atoms with Crippen LogP contribution in [-0.2, 0) is 8.85 Å². The van der Waals surface area contributed by atoms with Gasteiger partial charge in [0.05, 0.1) is 0 Å². The predicted octanol–water partition coefficient (Wildman–Crippen LogP) is 2.12. The maximum Gasteiger partial charge on any atom is 0.395 e. The first-order chi connectivity index (χ1) is 6.22. The van der Waals surface area contributed by atoms with E-state index < -0.39 is 9.28 Å². The third-order valence-corrected chi connectivity index (χ3v) is 5.59. The van der Waals surface area contributed by atoms with Crippen molar-refractivity contribution in [3.8, 4) is 0 Å². The van der Waals surface area contributed by atoms with E-state index in [1.807, 2.05) is 0 Å². The molecule has 73 valence electrons. The highest BCUT2D eigenvalue weighted by Gasteiger charge is 2.53. The van der Waals surface area contributed by atoms with E-state index in [9.17, 15) is 0 Å². The number of rotatable bonds is 3. The van der Waals surface area contributed by atoms with Gasteiger partial charge < -0.3 is 8.85 Å². The minimum Gasteiger partial charge on any atom is -0.396 e. The summed E-state index contributed by atoms with van der Waals surface area (Å²) in [6, 6.07) is 0. The van der Waals surface area contributed by atoms with Crippen molar-refractivity contribution in [2.75, 3.05) is 14.2 Å². The van der Waals surface area contributed by atoms with Crippen LogP contribution in [0.3, 0.4) is 0 Å². The standard InChI is InChI=1S/C10H17O2Si/c1-8-6-10(13(11-2)12-3)5-4-9(8)7-10/h4-5,8-9H,6-7H2,1-3H3. The molecule has 0 saturated heterocycles. The number of hydrogen-bond donors (Lipinski definition) is 0. The molecule has 2 nitrogen and oxygen atoms in total. The Balaban J connectivity index is 2.18. The third kappa shape index (κ3) is 1.30. The van der Waals surface area contributed by atoms with E-state index in [1.165, 1.54) is 12.8 Å². The monoisotopic (exact) mass is 197 g/mol. The predicted molar refractivity (Wildman–Crippen MR) is 53.5 cm³/mol. The van der Waals surface area contributed by atoms with Crippen molar-refractivity contribution in [2.45, 2.75) is 24.8 Å². The second-order valence-corrected chi connectivity index (χ2v) is 6.65. The van der Waals surface area contributed by atoms with Crippen LogP contribution in [-0.4, -0.2) is 23.5 Å². The van der Waals surface area contributed by atoms with Gasteiger partial charge in [-0.15, -0.1) is 0 Å². The van der Waals surface area contributed by atoms with Gasteiger partial charge >= 0.3 is 9.28 Å². The van der Waals surface area contributed by atoms with Crippen molar-refractivity contribution in [1.29, 1.82) is 0 Å². The third-order valence-electron chi connectivity index (χ3n) is 3.46. The average Bonchev–Trinajstić information content (AvgIpc) is 2.64. The molecule has 2 bridgehead atoms. The van der Waals surface area contributed by atoms with Crippen molar-refractivity contribution < 1.29 is 8.85 Å². The largest absolute Gasteiger partial charge is 0.396 e. The van der Waals surface area contributed by atoms with E-state index in [4.69, 9.17) is 8.85 Å². The fourth-order valence-electron chi connectivity index (χ4n) is 2.86. The van der Waals surface area contributed by atoms with Crippen molar-refractivity contribution in [3.63, 3.8) is 0 Å². The Hall–Kier alpha value is -0.123. The molecule has 0 aromatic heterocycles. The van der Waals surface area contributed by atoms with Gasteiger partial charge in [-0.1, -0.05) is 19.1 Å². The highest BCUT2D eigenvalue weighted by Crippen LogP contribution is 2.59. The van der Waals surface area contributed by atoms with Gasteiger partial charge in [0.1, 0.15) is 0 Å². The van der Waals surface area contributed by atoms with Gasteiger partial charge in [0.15, 0.2) is 0 Å². The fraction of sp³-hybridized carbons (Fsp3) is 0.800. The van der Waals surface area contributed by atoms with Crippen molar-refractivity contribution in [2.24, 2.45) is 11.8 Å². The van der Waals surface area contributed by atoms with Gasteiger partial charge in [-0.2, -0.15) is 0 Å². The van der Waals surface area contributed by atoms with Gasteiger partial charge in [0, 0.05) is 19.3 Å². The molecular formula is C10H17O2Si. The molecule has 3 heteroatoms. The van der Waals surface area contributed by atoms with Crippen molar-refractivity contribution >= 4 is 9.28 Å². The van der Waals surface area contributed by atoms with Crippen LogP contribution in [0.4, 0.5) is 0 Å². The van der Waals surface area contributed by atoms with Gasteiger partial charge in [-0.3, -0.25) is 0 Å². The first kappa shape index (κ1) is 9.43. The minimum absolute atomic E-state index is 0.276. The van der Waals surface area contributed by atoms with E-state index in [-0.39, 0.29) is 5.04 Å². The van der Waals surface area contributed by atoms with Crippen molar-refractivity contribution in [1.82, 2.24) is 0 Å². The van der Waals surface area contributed by atoms with Crippen LogP contribution in [0.25, 0.3) is 0 Å². The lowest BCUT2D eigenvalue weighted by Crippen LogP contribution is -2.33. The van der Waals surface area contributed by atoms with E-state index in [0.29, 0.717) is 0 Å². The zero-order chi connectivity index (χ0) is 9.47. The Morgan fingerprint density at radius 3 is 2.38 bits per heavy atom. The average molecular weight is 197 g/mol. The second kappa shape index (κ2) is 3.22. The Morgan fingerprint density at radius 2 is 2.00 bits per heavy atom. The highest BCUT2D eigenvalue weighted by atomic mass is 28.3. The quantitative estimate of drug-likeness (QED) is 0.510. The van der Waals surface area contributed by atoms with Crippen LogP contribution in [0.1, 0.15) is 19.8 Å². The Labute approximate surface area is 81.8 Å². The minimum atomic E-state index is -1.09. The number of allylic oxidation sites excluding steroid dienone is 2. The molecule has 1 radical (unpaired) electrons. The first-order valence-electron chi connectivity index (χ1n) is 4.86. The smallest absolute Gasteiger partial charge is 0.395 e. The number of hydrogen-bond acceptors (Lipinski definition) is 2. The lowest BCUT2D eigenvalue weighted by Gasteiger charge is -2.28. The summed E-state index contributed by atoms with van der Waals surface area (Å²) in [6.45, 7) is 2.33. The molecule has 0 amide bonds. The van der Waals surface area contributed by atoms with Crippen LogP contribution in [0.15, 0.2) is 12.2 Å². The molecule has 1 fully saturated rings. The summed E-state index contributed by atoms with van der Waals surface area (Å²) in [6.07, 6.45) is 7.21. The maximum absolute atomic E-state index is 5.48. The summed E-state index contributed by atoms with van der Waals surface area (Å²) in [7, 11) is 2.46. The molecule has 0 aliphatic heterocycles. The summed E-state index contributed by atoms with van der Waals surface area (Å²) in [5, 5.41) is 0.276. The second-order valence-electron chi connectivity index (χ2n) is 4.26. The Kier molecular flexibility index (Phi) is 2.34. The molecule has 0 aromatic carbocycles. The lowest BCUT2D eigenvalue weighted by molar-refractivity contribution is 0.250. The van der Waals surface area contributed by atoms with E-state index in [0.717, 1.165) is 11.8 Å². The van der Waals surface area contributed by atoms with Gasteiger partial charge in [-0.05, 0) is 24.7 Å². The molecule has 3 unspecified atom stereocenters. The van der Waals surface area contributed by atoms with Crippen LogP contribution >= 0.6 is 0 Å². The number of fused-ring (bicyclic) bond motifs is 2. The molecule has 0 aromatic rings. The van der Waals surface area contributed by atoms with Gasteiger partial charge in [0.2, 0.25) is 0 Å². The lowest BCUT2D eigenvalue weighted by atomic mass is 9.96. The molecule has 2 aliphatic rings. The zero-order valence-corrected chi connectivity index (χ0v) is 9.54. The zero-order valence-electron chi connectivity index (χ0n) is 8.54. The van der Waals surface area contributed by atoms with E-state index in [2.05, 4.69) is 19.1 Å². The first-order valence-corrected chi connectivity index (χ1v) is 6.18. The molecule has 2 rings (SSSR count). The Morgan fingerprint density at radius 1 is 1.31 bits per heavy atom. The van der Waals surface area contributed by atoms with E-state index in [1.54, 1.807) is 14.2 Å². The van der Waals surface area contributed by atoms with Crippen molar-refractivity contribution in [3.05, 3.63) is 12.2 Å². The molecule has 0 spiro atoms. The van der Waals surface area contributed by atoms with Crippen LogP contribution in [0, 0.1) is 11.8 Å². The molecule has 0 N–H and O–H groups in total. The summed E-state index contributed by atoms with van der Waals surface area (Å²) >= 11 is 0. The summed E-state index contributed by atoms with van der Waals surface area (Å²) in [5.41, 5.74) is 0. The summed E-state index contributed by atoms with van der Waals surface area (Å²) in [4.78, 5) is 0. The highest BCUT2D eigenvalue weighted by molar-refractivity contribution is 6.49. The maximum atomic E-state index is 5.48. The van der Waals surface area contributed by atoms with Crippen LogP contribution in [0.2, 0.25) is 5.04 Å². The summed E-state index contributed by atoms with van der Waals surface area (Å²) in [5.74, 6) is 1.60. The molecule has 3 atom stereocenters. The molecule has 0 heterocycles. The molecular weight excluding hydrogens is 180 g/mol. The van der Waals surface area contributed by atoms with Gasteiger partial charge in [-0.25, -0.2) is 0 Å². The van der Waals surface area contributed by atoms with Crippen LogP contribution < -0.4 is 0 Å². The molecule has 2 aliphatic carbocycles. The Bertz CT molecular complexity index is 225. The van der Waals surface area contributed by atoms with Crippen LogP contribution in [0.5, 0.6) is 0 Å². The molecule has 13 heavy (non-hydrogen) atoms. The summed E-state index contributed by atoms with van der Waals surface area (Å²) < 4.78 is 11.0. The van der Waals surface area contributed by atoms with Gasteiger partial charge in [0.25, 0.3) is 0 Å². The SMILES string of the molecule is CO[Si](OC)C12C=CC(C1)C(C)C2. The topological polar surface area (TPSA) is 18.5 Å². The fourth-order valence-corrected chi connectivity index (χ4v) is 4.96. The van der Waals surface area contributed by atoms with E-state index >= 15 is 0 Å². The molecule has 1 saturated carbocycles. The normalized spacial score (nSPS) is 42.2.